The summed E-state index contributed by atoms with van der Waals surface area (Å²) in [5.74, 6) is 0. The number of aliphatic hydroxyl groups is 1. The van der Waals surface area contributed by atoms with Crippen LogP contribution in [0.5, 0.6) is 0 Å². The minimum Gasteiger partial charge on any atom is -0.390 e. The van der Waals surface area contributed by atoms with Gasteiger partial charge in [-0.1, -0.05) is 84.4 Å². The molecule has 0 saturated heterocycles. The van der Waals surface area contributed by atoms with Gasteiger partial charge in [0.1, 0.15) is 0 Å². The van der Waals surface area contributed by atoms with Crippen molar-refractivity contribution in [1.29, 1.82) is 0 Å². The predicted molar refractivity (Wildman–Crippen MR) is 141 cm³/mol. The molecule has 0 bridgehead atoms. The second-order valence-electron chi connectivity index (χ2n) is 8.89. The van der Waals surface area contributed by atoms with E-state index in [0.717, 1.165) is 32.9 Å². The third-order valence-corrected chi connectivity index (χ3v) is 8.17. The second-order valence-corrected chi connectivity index (χ2v) is 10.8. The highest BCUT2D eigenvalue weighted by Gasteiger charge is 2.27. The number of fused-ring (bicyclic) bond motifs is 3. The Hall–Kier alpha value is -3.45. The van der Waals surface area contributed by atoms with E-state index in [4.69, 9.17) is 0 Å². The Balaban J connectivity index is 1.48. The van der Waals surface area contributed by atoms with Gasteiger partial charge in [-0.15, -0.1) is 0 Å². The van der Waals surface area contributed by atoms with E-state index in [-0.39, 0.29) is 24.5 Å². The standard InChI is InChI=1S/C29H28N2O3S/c1-22-15-17-25(18-16-22)35(33,34)30(19-23-9-3-2-4-10-23)20-24(32)21-31-28-13-7-5-11-26(28)27-12-6-8-14-29(27)31/h2-18,24,32H,19-21H2,1H3/t24-/m1/s1. The number of hydrogen-bond donors (Lipinski definition) is 1. The molecule has 0 aliphatic heterocycles. The van der Waals surface area contributed by atoms with E-state index in [0.29, 0.717) is 0 Å². The minimum atomic E-state index is -3.81. The first-order valence-corrected chi connectivity index (χ1v) is 13.1. The molecule has 1 N–H and O–H groups in total. The van der Waals surface area contributed by atoms with Gasteiger partial charge in [0.2, 0.25) is 10.0 Å². The van der Waals surface area contributed by atoms with Crippen LogP contribution in [0.25, 0.3) is 21.8 Å². The number of hydrogen-bond acceptors (Lipinski definition) is 3. The Kier molecular flexibility index (Phi) is 6.43. The van der Waals surface area contributed by atoms with E-state index < -0.39 is 16.1 Å². The van der Waals surface area contributed by atoms with Crippen LogP contribution in [0.3, 0.4) is 0 Å². The van der Waals surface area contributed by atoms with Gasteiger partial charge in [-0.25, -0.2) is 8.42 Å². The molecule has 5 nitrogen and oxygen atoms in total. The maximum Gasteiger partial charge on any atom is 0.243 e. The summed E-state index contributed by atoms with van der Waals surface area (Å²) in [7, 11) is -3.81. The summed E-state index contributed by atoms with van der Waals surface area (Å²) in [6.45, 7) is 2.36. The molecule has 35 heavy (non-hydrogen) atoms. The summed E-state index contributed by atoms with van der Waals surface area (Å²) < 4.78 is 30.7. The molecule has 0 aliphatic rings. The lowest BCUT2D eigenvalue weighted by atomic mass is 10.2. The molecule has 1 heterocycles. The summed E-state index contributed by atoms with van der Waals surface area (Å²) in [5, 5.41) is 13.4. The van der Waals surface area contributed by atoms with Crippen molar-refractivity contribution in [2.45, 2.75) is 31.0 Å². The average molecular weight is 485 g/mol. The largest absolute Gasteiger partial charge is 0.390 e. The molecule has 178 valence electrons. The number of para-hydroxylation sites is 2. The van der Waals surface area contributed by atoms with Crippen LogP contribution in [0.2, 0.25) is 0 Å². The monoisotopic (exact) mass is 484 g/mol. The molecular formula is C29H28N2O3S. The molecule has 4 aromatic carbocycles. The van der Waals surface area contributed by atoms with Crippen LogP contribution >= 0.6 is 0 Å². The van der Waals surface area contributed by atoms with E-state index in [1.807, 2.05) is 73.7 Å². The van der Waals surface area contributed by atoms with Crippen LogP contribution in [0.4, 0.5) is 0 Å². The van der Waals surface area contributed by atoms with E-state index in [2.05, 4.69) is 16.7 Å². The van der Waals surface area contributed by atoms with Gasteiger partial charge in [-0.3, -0.25) is 0 Å². The fourth-order valence-corrected chi connectivity index (χ4v) is 6.06. The number of aromatic nitrogens is 1. The van der Waals surface area contributed by atoms with Gasteiger partial charge in [0.15, 0.2) is 0 Å². The van der Waals surface area contributed by atoms with Gasteiger partial charge in [-0.05, 0) is 36.8 Å². The van der Waals surface area contributed by atoms with Crippen molar-refractivity contribution in [2.75, 3.05) is 6.54 Å². The lowest BCUT2D eigenvalue weighted by Crippen LogP contribution is -2.38. The fourth-order valence-electron chi connectivity index (χ4n) is 4.60. The van der Waals surface area contributed by atoms with E-state index in [1.54, 1.807) is 24.3 Å². The first-order chi connectivity index (χ1) is 16.9. The first-order valence-electron chi connectivity index (χ1n) is 11.7. The summed E-state index contributed by atoms with van der Waals surface area (Å²) >= 11 is 0. The topological polar surface area (TPSA) is 62.5 Å². The minimum absolute atomic E-state index is 0.0219. The molecule has 0 radical (unpaired) electrons. The van der Waals surface area contributed by atoms with E-state index in [1.165, 1.54) is 4.31 Å². The number of nitrogens with zero attached hydrogens (tertiary/aromatic N) is 2. The average Bonchev–Trinajstić information content (AvgIpc) is 3.18. The molecule has 0 spiro atoms. The van der Waals surface area contributed by atoms with E-state index in [9.17, 15) is 13.5 Å². The van der Waals surface area contributed by atoms with Crippen molar-refractivity contribution in [1.82, 2.24) is 8.87 Å². The highest BCUT2D eigenvalue weighted by molar-refractivity contribution is 7.89. The normalized spacial score (nSPS) is 13.0. The Morgan fingerprint density at radius 2 is 1.31 bits per heavy atom. The van der Waals surface area contributed by atoms with Gasteiger partial charge in [-0.2, -0.15) is 4.31 Å². The Labute approximate surface area is 205 Å². The lowest BCUT2D eigenvalue weighted by molar-refractivity contribution is 0.128. The molecule has 0 aliphatic carbocycles. The SMILES string of the molecule is Cc1ccc(S(=O)(=O)N(Cc2ccccc2)C[C@@H](O)Cn2c3ccccc3c3ccccc32)cc1. The first kappa shape index (κ1) is 23.3. The molecule has 6 heteroatoms. The predicted octanol–water partition coefficient (Wildman–Crippen LogP) is 5.35. The quantitative estimate of drug-likeness (QED) is 0.323. The van der Waals surface area contributed by atoms with Crippen LogP contribution in [0.1, 0.15) is 11.1 Å². The zero-order valence-corrected chi connectivity index (χ0v) is 20.4. The molecule has 0 amide bonds. The zero-order valence-electron chi connectivity index (χ0n) is 19.6. The van der Waals surface area contributed by atoms with E-state index >= 15 is 0 Å². The number of rotatable bonds is 8. The van der Waals surface area contributed by atoms with Crippen molar-refractivity contribution in [3.05, 3.63) is 114 Å². The van der Waals surface area contributed by atoms with Gasteiger partial charge in [0.25, 0.3) is 0 Å². The number of aryl methyl sites for hydroxylation is 1. The summed E-state index contributed by atoms with van der Waals surface area (Å²) in [5.41, 5.74) is 3.89. The molecular weight excluding hydrogens is 456 g/mol. The van der Waals surface area contributed by atoms with Crippen molar-refractivity contribution in [2.24, 2.45) is 0 Å². The third kappa shape index (κ3) is 4.73. The lowest BCUT2D eigenvalue weighted by Gasteiger charge is -2.25. The number of aliphatic hydroxyl groups excluding tert-OH is 1. The van der Waals surface area contributed by atoms with Crippen LogP contribution in [-0.4, -0.2) is 35.0 Å². The van der Waals surface area contributed by atoms with Crippen molar-refractivity contribution >= 4 is 31.8 Å². The number of benzene rings is 4. The second kappa shape index (κ2) is 9.66. The van der Waals surface area contributed by atoms with Crippen molar-refractivity contribution < 1.29 is 13.5 Å². The van der Waals surface area contributed by atoms with Crippen molar-refractivity contribution in [3.8, 4) is 0 Å². The van der Waals surface area contributed by atoms with Crippen LogP contribution in [-0.2, 0) is 23.1 Å². The molecule has 5 aromatic rings. The molecule has 0 fully saturated rings. The smallest absolute Gasteiger partial charge is 0.243 e. The van der Waals surface area contributed by atoms with Gasteiger partial charge in [0.05, 0.1) is 17.5 Å². The molecule has 5 rings (SSSR count). The summed E-state index contributed by atoms with van der Waals surface area (Å²) in [4.78, 5) is 0.225. The van der Waals surface area contributed by atoms with Gasteiger partial charge >= 0.3 is 0 Å². The van der Waals surface area contributed by atoms with Crippen LogP contribution in [0, 0.1) is 6.92 Å². The highest BCUT2D eigenvalue weighted by atomic mass is 32.2. The van der Waals surface area contributed by atoms with Crippen LogP contribution < -0.4 is 0 Å². The fraction of sp³-hybridized carbons (Fsp3) is 0.172. The molecule has 1 atom stereocenters. The van der Waals surface area contributed by atoms with Gasteiger partial charge in [0, 0.05) is 34.9 Å². The third-order valence-electron chi connectivity index (χ3n) is 6.35. The van der Waals surface area contributed by atoms with Gasteiger partial charge < -0.3 is 9.67 Å². The van der Waals surface area contributed by atoms with Crippen LogP contribution in [0.15, 0.2) is 108 Å². The maximum absolute atomic E-state index is 13.6. The zero-order chi connectivity index (χ0) is 24.4. The Morgan fingerprint density at radius 1 is 0.771 bits per heavy atom. The number of sulfonamides is 1. The Morgan fingerprint density at radius 3 is 1.91 bits per heavy atom. The summed E-state index contributed by atoms with van der Waals surface area (Å²) in [6.07, 6.45) is -0.904. The summed E-state index contributed by atoms with van der Waals surface area (Å²) in [6, 6.07) is 32.5. The molecule has 0 unspecified atom stereocenters. The van der Waals surface area contributed by atoms with Crippen molar-refractivity contribution in [3.63, 3.8) is 0 Å². The Bertz CT molecular complexity index is 1510. The highest BCUT2D eigenvalue weighted by Crippen LogP contribution is 2.29. The maximum atomic E-state index is 13.6. The molecule has 1 aromatic heterocycles. The molecule has 0 saturated carbocycles.